The zero-order valence-corrected chi connectivity index (χ0v) is 11.7. The third kappa shape index (κ3) is 3.33. The lowest BCUT2D eigenvalue weighted by molar-refractivity contribution is 0.177. The predicted molar refractivity (Wildman–Crippen MR) is 68.1 cm³/mol. The van der Waals surface area contributed by atoms with Gasteiger partial charge in [0.25, 0.3) is 0 Å². The number of rotatable bonds is 8. The van der Waals surface area contributed by atoms with Crippen LogP contribution in [0.3, 0.4) is 0 Å². The minimum absolute atomic E-state index is 0.0722. The van der Waals surface area contributed by atoms with Crippen LogP contribution >= 0.6 is 0 Å². The average Bonchev–Trinajstić information content (AvgIpc) is 3.08. The van der Waals surface area contributed by atoms with Crippen molar-refractivity contribution in [3.05, 3.63) is 12.4 Å². The van der Waals surface area contributed by atoms with E-state index in [1.807, 2.05) is 0 Å². The minimum atomic E-state index is -3.52. The highest BCUT2D eigenvalue weighted by Gasteiger charge is 2.38. The molecule has 1 heterocycles. The largest absolute Gasteiger partial charge is 0.394 e. The monoisotopic (exact) mass is 289 g/mol. The number of aliphatic hydroxyl groups excluding tert-OH is 1. The molecule has 1 aliphatic rings. The van der Waals surface area contributed by atoms with Crippen molar-refractivity contribution in [1.29, 1.82) is 0 Å². The third-order valence-electron chi connectivity index (χ3n) is 3.02. The first-order valence-electron chi connectivity index (χ1n) is 6.23. The number of nitrogens with zero attached hydrogens (tertiary/aromatic N) is 3. The van der Waals surface area contributed by atoms with Crippen molar-refractivity contribution in [2.24, 2.45) is 0 Å². The molecule has 19 heavy (non-hydrogen) atoms. The summed E-state index contributed by atoms with van der Waals surface area (Å²) in [6.07, 6.45) is 4.57. The van der Waals surface area contributed by atoms with E-state index in [0.29, 0.717) is 13.2 Å². The van der Waals surface area contributed by atoms with E-state index in [2.05, 4.69) is 5.10 Å². The van der Waals surface area contributed by atoms with Gasteiger partial charge in [-0.15, -0.1) is 0 Å². The molecule has 7 nitrogen and oxygen atoms in total. The molecule has 2 rings (SSSR count). The molecule has 1 N–H and O–H groups in total. The Kier molecular flexibility index (Phi) is 4.56. The van der Waals surface area contributed by atoms with Crippen LogP contribution in [0, 0.1) is 0 Å². The molecular formula is C11H19N3O4S. The molecule has 0 saturated heterocycles. The topological polar surface area (TPSA) is 84.7 Å². The number of sulfonamides is 1. The van der Waals surface area contributed by atoms with Crippen molar-refractivity contribution in [1.82, 2.24) is 14.1 Å². The second-order valence-electron chi connectivity index (χ2n) is 4.50. The van der Waals surface area contributed by atoms with Gasteiger partial charge >= 0.3 is 0 Å². The van der Waals surface area contributed by atoms with Gasteiger partial charge in [0.15, 0.2) is 0 Å². The Balaban J connectivity index is 2.17. The summed E-state index contributed by atoms with van der Waals surface area (Å²) in [4.78, 5) is 0.170. The van der Waals surface area contributed by atoms with Gasteiger partial charge in [0, 0.05) is 25.9 Å². The lowest BCUT2D eigenvalue weighted by Crippen LogP contribution is -2.35. The molecule has 1 aromatic rings. The maximum atomic E-state index is 12.5. The summed E-state index contributed by atoms with van der Waals surface area (Å²) in [6.45, 7) is 0.948. The second-order valence-corrected chi connectivity index (χ2v) is 6.39. The average molecular weight is 289 g/mol. The normalized spacial score (nSPS) is 16.2. The van der Waals surface area contributed by atoms with Crippen LogP contribution in [0.2, 0.25) is 0 Å². The van der Waals surface area contributed by atoms with Crippen LogP contribution in [0.4, 0.5) is 0 Å². The molecule has 0 spiro atoms. The van der Waals surface area contributed by atoms with Crippen LogP contribution in [-0.4, -0.2) is 60.5 Å². The maximum Gasteiger partial charge on any atom is 0.246 e. The molecule has 0 bridgehead atoms. The van der Waals surface area contributed by atoms with Gasteiger partial charge in [-0.2, -0.15) is 9.40 Å². The Morgan fingerprint density at radius 3 is 2.89 bits per heavy atom. The van der Waals surface area contributed by atoms with Crippen molar-refractivity contribution >= 4 is 10.0 Å². The molecule has 0 radical (unpaired) electrons. The molecule has 1 fully saturated rings. The summed E-state index contributed by atoms with van der Waals surface area (Å²) >= 11 is 0. The molecule has 0 atom stereocenters. The van der Waals surface area contributed by atoms with Crippen LogP contribution in [0.15, 0.2) is 17.3 Å². The molecule has 1 aliphatic carbocycles. The molecular weight excluding hydrogens is 270 g/mol. The molecule has 108 valence electrons. The van der Waals surface area contributed by atoms with E-state index in [0.717, 1.165) is 12.8 Å². The van der Waals surface area contributed by atoms with Gasteiger partial charge in [-0.05, 0) is 12.8 Å². The van der Waals surface area contributed by atoms with E-state index in [1.54, 1.807) is 7.11 Å². The minimum Gasteiger partial charge on any atom is -0.394 e. The summed E-state index contributed by atoms with van der Waals surface area (Å²) < 4.78 is 32.9. The lowest BCUT2D eigenvalue weighted by atomic mass is 10.6. The quantitative estimate of drug-likeness (QED) is 0.708. The molecule has 0 amide bonds. The molecule has 0 unspecified atom stereocenters. The fourth-order valence-corrected chi connectivity index (χ4v) is 3.50. The van der Waals surface area contributed by atoms with E-state index in [1.165, 1.54) is 21.4 Å². The van der Waals surface area contributed by atoms with Gasteiger partial charge in [0.05, 0.1) is 26.0 Å². The van der Waals surface area contributed by atoms with Crippen LogP contribution in [0.5, 0.6) is 0 Å². The number of methoxy groups -OCH3 is 1. The first kappa shape index (κ1) is 14.4. The zero-order valence-electron chi connectivity index (χ0n) is 10.9. The fourth-order valence-electron chi connectivity index (χ4n) is 1.88. The van der Waals surface area contributed by atoms with E-state index in [4.69, 9.17) is 9.84 Å². The van der Waals surface area contributed by atoms with Crippen LogP contribution < -0.4 is 0 Å². The van der Waals surface area contributed by atoms with Gasteiger partial charge in [-0.25, -0.2) is 8.42 Å². The third-order valence-corrected chi connectivity index (χ3v) is 4.92. The summed E-state index contributed by atoms with van der Waals surface area (Å²) in [5.41, 5.74) is 0. The number of hydrogen-bond donors (Lipinski definition) is 1. The summed E-state index contributed by atoms with van der Waals surface area (Å²) in [7, 11) is -1.97. The summed E-state index contributed by atoms with van der Waals surface area (Å²) in [6, 6.07) is 0.0846. The standard InChI is InChI=1S/C11H19N3O4S/c1-18-7-5-14(10-2-3-10)19(16,17)11-8-12-13(9-11)4-6-15/h8-10,15H,2-7H2,1H3. The number of aliphatic hydroxyl groups is 1. The van der Waals surface area contributed by atoms with Crippen molar-refractivity contribution in [3.63, 3.8) is 0 Å². The van der Waals surface area contributed by atoms with Crippen molar-refractivity contribution in [2.45, 2.75) is 30.3 Å². The van der Waals surface area contributed by atoms with Crippen molar-refractivity contribution in [2.75, 3.05) is 26.9 Å². The Hall–Kier alpha value is -0.960. The smallest absolute Gasteiger partial charge is 0.246 e. The van der Waals surface area contributed by atoms with Crippen LogP contribution in [0.1, 0.15) is 12.8 Å². The van der Waals surface area contributed by atoms with E-state index < -0.39 is 10.0 Å². The van der Waals surface area contributed by atoms with Crippen LogP contribution in [-0.2, 0) is 21.3 Å². The SMILES string of the molecule is COCCN(C1CC1)S(=O)(=O)c1cnn(CCO)c1. The Bertz CT molecular complexity index is 510. The molecule has 0 aromatic carbocycles. The molecule has 1 saturated carbocycles. The second kappa shape index (κ2) is 6.00. The van der Waals surface area contributed by atoms with Crippen LogP contribution in [0.25, 0.3) is 0 Å². The maximum absolute atomic E-state index is 12.5. The number of aromatic nitrogens is 2. The fraction of sp³-hybridized carbons (Fsp3) is 0.727. The van der Waals surface area contributed by atoms with E-state index in [-0.39, 0.29) is 24.1 Å². The van der Waals surface area contributed by atoms with Gasteiger partial charge < -0.3 is 9.84 Å². The van der Waals surface area contributed by atoms with E-state index in [9.17, 15) is 8.42 Å². The summed E-state index contributed by atoms with van der Waals surface area (Å²) in [5.74, 6) is 0. The highest BCUT2D eigenvalue weighted by atomic mass is 32.2. The Morgan fingerprint density at radius 1 is 1.58 bits per heavy atom. The summed E-state index contributed by atoms with van der Waals surface area (Å²) in [5, 5.41) is 12.8. The Morgan fingerprint density at radius 2 is 2.32 bits per heavy atom. The number of ether oxygens (including phenoxy) is 1. The lowest BCUT2D eigenvalue weighted by Gasteiger charge is -2.20. The highest BCUT2D eigenvalue weighted by Crippen LogP contribution is 2.31. The molecule has 0 aliphatic heterocycles. The Labute approximate surface area is 112 Å². The molecule has 1 aromatic heterocycles. The first-order valence-corrected chi connectivity index (χ1v) is 7.67. The van der Waals surface area contributed by atoms with Crippen molar-refractivity contribution < 1.29 is 18.3 Å². The van der Waals surface area contributed by atoms with Gasteiger partial charge in [0.1, 0.15) is 4.90 Å². The van der Waals surface area contributed by atoms with Gasteiger partial charge in [-0.3, -0.25) is 4.68 Å². The van der Waals surface area contributed by atoms with E-state index >= 15 is 0 Å². The predicted octanol–water partition coefficient (Wildman–Crippen LogP) is -0.325. The zero-order chi connectivity index (χ0) is 13.9. The highest BCUT2D eigenvalue weighted by molar-refractivity contribution is 7.89. The first-order chi connectivity index (χ1) is 9.09. The molecule has 8 heteroatoms. The number of hydrogen-bond acceptors (Lipinski definition) is 5. The van der Waals surface area contributed by atoms with Gasteiger partial charge in [-0.1, -0.05) is 0 Å². The van der Waals surface area contributed by atoms with Gasteiger partial charge in [0.2, 0.25) is 10.0 Å². The van der Waals surface area contributed by atoms with Crippen molar-refractivity contribution in [3.8, 4) is 0 Å².